The lowest BCUT2D eigenvalue weighted by Crippen LogP contribution is -2.50. The third-order valence-corrected chi connectivity index (χ3v) is 7.31. The van der Waals surface area contributed by atoms with Gasteiger partial charge in [-0.25, -0.2) is 0 Å². The number of aliphatic imine (C=N–C) groups is 1. The molecule has 1 unspecified atom stereocenters. The molecule has 3 nitrogen and oxygen atoms in total. The zero-order valence-corrected chi connectivity index (χ0v) is 20.4. The Bertz CT molecular complexity index is 870. The topological polar surface area (TPSA) is 18.8 Å². The third-order valence-electron chi connectivity index (χ3n) is 7.31. The molecule has 0 N–H and O–H groups in total. The van der Waals surface area contributed by atoms with Gasteiger partial charge in [0.05, 0.1) is 11.4 Å². The molecule has 1 aromatic carbocycles. The van der Waals surface area contributed by atoms with Crippen molar-refractivity contribution in [2.24, 2.45) is 4.99 Å². The van der Waals surface area contributed by atoms with Crippen LogP contribution >= 0.6 is 0 Å². The minimum Gasteiger partial charge on any atom is -0.369 e. The summed E-state index contributed by atoms with van der Waals surface area (Å²) in [6, 6.07) is 7.67. The SMILES string of the molecule is C=C/C=C1/C(=C)N(C)C(C)CN1C(CC1(c2cc(C)cc(CCC)c2)CCCC1)=NC. The smallest absolute Gasteiger partial charge is 0.104 e. The summed E-state index contributed by atoms with van der Waals surface area (Å²) in [5, 5.41) is 0. The average Bonchev–Trinajstić information content (AvgIpc) is 3.22. The molecule has 0 radical (unpaired) electrons. The van der Waals surface area contributed by atoms with Gasteiger partial charge in [0, 0.05) is 38.5 Å². The number of hydrogen-bond donors (Lipinski definition) is 0. The van der Waals surface area contributed by atoms with E-state index in [1.807, 2.05) is 13.1 Å². The maximum atomic E-state index is 4.86. The first kappa shape index (κ1) is 23.4. The van der Waals surface area contributed by atoms with Gasteiger partial charge in [0.1, 0.15) is 5.84 Å². The van der Waals surface area contributed by atoms with Gasteiger partial charge < -0.3 is 9.80 Å². The molecule has 1 saturated heterocycles. The summed E-state index contributed by atoms with van der Waals surface area (Å²) in [6.45, 7) is 16.0. The van der Waals surface area contributed by atoms with Crippen molar-refractivity contribution >= 4 is 5.84 Å². The van der Waals surface area contributed by atoms with Crippen LogP contribution in [0.15, 0.2) is 59.9 Å². The first-order chi connectivity index (χ1) is 14.8. The van der Waals surface area contributed by atoms with Crippen molar-refractivity contribution in [1.29, 1.82) is 0 Å². The lowest BCUT2D eigenvalue weighted by Gasteiger charge is -2.45. The second kappa shape index (κ2) is 9.89. The van der Waals surface area contributed by atoms with E-state index >= 15 is 0 Å². The van der Waals surface area contributed by atoms with Gasteiger partial charge in [-0.2, -0.15) is 0 Å². The molecule has 31 heavy (non-hydrogen) atoms. The van der Waals surface area contributed by atoms with E-state index in [-0.39, 0.29) is 5.41 Å². The standard InChI is InChI=1S/C28H41N3/c1-8-12-24-16-21(3)17-25(18-24)28(14-10-11-15-28)19-27(29-6)31-20-22(4)30(7)23(5)26(31)13-9-2/h9,13,16-18,22H,2,5,8,10-12,14-15,19-20H2,1,3-4,6-7H3/b26-13-,29-27?. The number of hydrogen-bond acceptors (Lipinski definition) is 2. The van der Waals surface area contributed by atoms with Gasteiger partial charge in [-0.3, -0.25) is 4.99 Å². The van der Waals surface area contributed by atoms with Crippen molar-refractivity contribution in [3.63, 3.8) is 0 Å². The quantitative estimate of drug-likeness (QED) is 0.392. The van der Waals surface area contributed by atoms with Gasteiger partial charge >= 0.3 is 0 Å². The summed E-state index contributed by atoms with van der Waals surface area (Å²) in [6.07, 6.45) is 12.4. The summed E-state index contributed by atoms with van der Waals surface area (Å²) in [5.41, 5.74) is 6.73. The lowest BCUT2D eigenvalue weighted by atomic mass is 9.74. The van der Waals surface area contributed by atoms with Gasteiger partial charge in [0.2, 0.25) is 0 Å². The van der Waals surface area contributed by atoms with E-state index in [1.54, 1.807) is 0 Å². The molecule has 0 amide bonds. The molecule has 3 rings (SSSR count). The summed E-state index contributed by atoms with van der Waals surface area (Å²) >= 11 is 0. The lowest BCUT2D eigenvalue weighted by molar-refractivity contribution is 0.232. The van der Waals surface area contributed by atoms with Crippen LogP contribution in [0.3, 0.4) is 0 Å². The van der Waals surface area contributed by atoms with Crippen molar-refractivity contribution < 1.29 is 0 Å². The van der Waals surface area contributed by atoms with Crippen LogP contribution in [0.25, 0.3) is 0 Å². The van der Waals surface area contributed by atoms with Gasteiger partial charge in [-0.15, -0.1) is 0 Å². The number of nitrogens with zero attached hydrogens (tertiary/aromatic N) is 3. The van der Waals surface area contributed by atoms with Crippen LogP contribution in [0.5, 0.6) is 0 Å². The van der Waals surface area contributed by atoms with Crippen LogP contribution < -0.4 is 0 Å². The third kappa shape index (κ3) is 4.81. The number of benzene rings is 1. The minimum atomic E-state index is 0.177. The Morgan fingerprint density at radius 1 is 1.26 bits per heavy atom. The average molecular weight is 420 g/mol. The fourth-order valence-corrected chi connectivity index (χ4v) is 5.45. The molecule has 168 valence electrons. The fourth-order valence-electron chi connectivity index (χ4n) is 5.45. The summed E-state index contributed by atoms with van der Waals surface area (Å²) in [7, 11) is 4.08. The number of aryl methyl sites for hydroxylation is 2. The largest absolute Gasteiger partial charge is 0.369 e. The number of piperazine rings is 1. The molecule has 1 atom stereocenters. The second-order valence-corrected chi connectivity index (χ2v) is 9.57. The summed E-state index contributed by atoms with van der Waals surface area (Å²) < 4.78 is 0. The Morgan fingerprint density at radius 3 is 2.58 bits per heavy atom. The maximum Gasteiger partial charge on any atom is 0.104 e. The van der Waals surface area contributed by atoms with Gasteiger partial charge in [0.15, 0.2) is 0 Å². The van der Waals surface area contributed by atoms with Crippen LogP contribution in [0, 0.1) is 6.92 Å². The van der Waals surface area contributed by atoms with Gasteiger partial charge in [-0.1, -0.05) is 69.2 Å². The monoisotopic (exact) mass is 419 g/mol. The fraction of sp³-hybridized carbons (Fsp3) is 0.536. The van der Waals surface area contributed by atoms with Crippen molar-refractivity contribution in [2.75, 3.05) is 20.6 Å². The summed E-state index contributed by atoms with van der Waals surface area (Å²) in [5.74, 6) is 1.18. The first-order valence-electron chi connectivity index (χ1n) is 11.9. The molecule has 1 saturated carbocycles. The number of amidine groups is 1. The van der Waals surface area contributed by atoms with Crippen LogP contribution in [0.2, 0.25) is 0 Å². The van der Waals surface area contributed by atoms with Crippen molar-refractivity contribution in [1.82, 2.24) is 9.80 Å². The normalized spacial score (nSPS) is 23.0. The molecule has 0 bridgehead atoms. The van der Waals surface area contributed by atoms with Gasteiger partial charge in [-0.05, 0) is 50.3 Å². The number of likely N-dealkylation sites (N-methyl/N-ethyl adjacent to an activating group) is 1. The van der Waals surface area contributed by atoms with E-state index in [4.69, 9.17) is 4.99 Å². The molecular weight excluding hydrogens is 378 g/mol. The van der Waals surface area contributed by atoms with E-state index < -0.39 is 0 Å². The van der Waals surface area contributed by atoms with Crippen LogP contribution in [-0.2, 0) is 11.8 Å². The van der Waals surface area contributed by atoms with Crippen LogP contribution in [0.4, 0.5) is 0 Å². The Kier molecular flexibility index (Phi) is 7.46. The highest BCUT2D eigenvalue weighted by Crippen LogP contribution is 2.45. The molecule has 1 aliphatic carbocycles. The van der Waals surface area contributed by atoms with Crippen LogP contribution in [-0.4, -0.2) is 42.3 Å². The predicted octanol–water partition coefficient (Wildman–Crippen LogP) is 6.40. The molecule has 1 aromatic rings. The van der Waals surface area contributed by atoms with E-state index in [0.29, 0.717) is 6.04 Å². The van der Waals surface area contributed by atoms with E-state index in [1.165, 1.54) is 54.6 Å². The highest BCUT2D eigenvalue weighted by Gasteiger charge is 2.40. The molecular formula is C28H41N3. The molecule has 3 heteroatoms. The highest BCUT2D eigenvalue weighted by atomic mass is 15.3. The second-order valence-electron chi connectivity index (χ2n) is 9.57. The Hall–Kier alpha value is -2.29. The molecule has 2 fully saturated rings. The zero-order valence-electron chi connectivity index (χ0n) is 20.4. The van der Waals surface area contributed by atoms with Crippen LogP contribution in [0.1, 0.15) is 69.1 Å². The predicted molar refractivity (Wildman–Crippen MR) is 135 cm³/mol. The Morgan fingerprint density at radius 2 is 1.97 bits per heavy atom. The minimum absolute atomic E-state index is 0.177. The first-order valence-corrected chi connectivity index (χ1v) is 11.9. The number of allylic oxidation sites excluding steroid dienone is 2. The van der Waals surface area contributed by atoms with Crippen molar-refractivity contribution in [3.05, 3.63) is 71.6 Å². The number of rotatable bonds is 6. The van der Waals surface area contributed by atoms with Gasteiger partial charge in [0.25, 0.3) is 0 Å². The Labute approximate surface area is 190 Å². The molecule has 1 aliphatic heterocycles. The molecule has 0 spiro atoms. The summed E-state index contributed by atoms with van der Waals surface area (Å²) in [4.78, 5) is 9.53. The molecule has 1 heterocycles. The van der Waals surface area contributed by atoms with E-state index in [2.05, 4.69) is 75.1 Å². The maximum absolute atomic E-state index is 4.86. The van der Waals surface area contributed by atoms with Crippen molar-refractivity contribution in [2.45, 2.75) is 77.2 Å². The van der Waals surface area contributed by atoms with Crippen molar-refractivity contribution in [3.8, 4) is 0 Å². The molecule has 0 aromatic heterocycles. The molecule has 2 aliphatic rings. The highest BCUT2D eigenvalue weighted by molar-refractivity contribution is 5.86. The van der Waals surface area contributed by atoms with E-state index in [0.717, 1.165) is 30.8 Å². The zero-order chi connectivity index (χ0) is 22.6. The van der Waals surface area contributed by atoms with E-state index in [9.17, 15) is 0 Å². The Balaban J connectivity index is 1.99.